The van der Waals surface area contributed by atoms with Crippen molar-refractivity contribution in [2.75, 3.05) is 0 Å². The largest absolute Gasteiger partial charge is 0.457 e. The summed E-state index contributed by atoms with van der Waals surface area (Å²) in [6.07, 6.45) is 0. The molecule has 0 spiro atoms. The predicted molar refractivity (Wildman–Crippen MR) is 83.3 cm³/mol. The molecule has 0 saturated carbocycles. The highest BCUT2D eigenvalue weighted by Crippen LogP contribution is 2.27. The molecule has 20 heavy (non-hydrogen) atoms. The van der Waals surface area contributed by atoms with Crippen LogP contribution in [-0.4, -0.2) is 0 Å². The van der Waals surface area contributed by atoms with Gasteiger partial charge in [0.25, 0.3) is 0 Å². The summed E-state index contributed by atoms with van der Waals surface area (Å²) in [5.41, 5.74) is 7.32. The Morgan fingerprint density at radius 2 is 1.50 bits per heavy atom. The van der Waals surface area contributed by atoms with Crippen LogP contribution in [0.5, 0.6) is 11.5 Å². The molecule has 2 aromatic carbocycles. The SMILES string of the molecule is NC(c1ccc(Oc2ccccc2)cc1)c1cccs1. The summed E-state index contributed by atoms with van der Waals surface area (Å²) in [5, 5.41) is 2.04. The van der Waals surface area contributed by atoms with Crippen LogP contribution >= 0.6 is 11.3 Å². The molecule has 0 saturated heterocycles. The van der Waals surface area contributed by atoms with Gasteiger partial charge >= 0.3 is 0 Å². The lowest BCUT2D eigenvalue weighted by Crippen LogP contribution is -2.09. The lowest BCUT2D eigenvalue weighted by molar-refractivity contribution is 0.482. The minimum atomic E-state index is -0.0687. The van der Waals surface area contributed by atoms with Crippen LogP contribution in [0.2, 0.25) is 0 Å². The molecule has 0 radical (unpaired) electrons. The molecule has 1 heterocycles. The number of ether oxygens (including phenoxy) is 1. The monoisotopic (exact) mass is 281 g/mol. The van der Waals surface area contributed by atoms with E-state index in [1.807, 2.05) is 66.0 Å². The first-order valence-corrected chi connectivity index (χ1v) is 7.33. The number of hydrogen-bond acceptors (Lipinski definition) is 3. The minimum absolute atomic E-state index is 0.0687. The van der Waals surface area contributed by atoms with Crippen LogP contribution in [0.15, 0.2) is 72.1 Å². The van der Waals surface area contributed by atoms with E-state index in [1.165, 1.54) is 4.88 Å². The highest BCUT2D eigenvalue weighted by molar-refractivity contribution is 7.10. The summed E-state index contributed by atoms with van der Waals surface area (Å²) in [6.45, 7) is 0. The van der Waals surface area contributed by atoms with Gasteiger partial charge in [0.05, 0.1) is 6.04 Å². The van der Waals surface area contributed by atoms with Crippen LogP contribution in [0.3, 0.4) is 0 Å². The second-order valence-corrected chi connectivity index (χ2v) is 5.46. The van der Waals surface area contributed by atoms with Gasteiger partial charge in [-0.3, -0.25) is 0 Å². The Bertz CT molecular complexity index is 647. The van der Waals surface area contributed by atoms with Crippen molar-refractivity contribution in [1.82, 2.24) is 0 Å². The molecule has 100 valence electrons. The molecule has 0 amide bonds. The van der Waals surface area contributed by atoms with Gasteiger partial charge in [-0.15, -0.1) is 11.3 Å². The molecule has 1 atom stereocenters. The summed E-state index contributed by atoms with van der Waals surface area (Å²) in [4.78, 5) is 1.17. The quantitative estimate of drug-likeness (QED) is 0.759. The molecular weight excluding hydrogens is 266 g/mol. The lowest BCUT2D eigenvalue weighted by atomic mass is 10.1. The molecule has 3 aromatic rings. The summed E-state index contributed by atoms with van der Waals surface area (Å²) >= 11 is 1.68. The van der Waals surface area contributed by atoms with Gasteiger partial charge < -0.3 is 10.5 Å². The van der Waals surface area contributed by atoms with E-state index in [9.17, 15) is 0 Å². The summed E-state index contributed by atoms with van der Waals surface area (Å²) in [7, 11) is 0. The summed E-state index contributed by atoms with van der Waals surface area (Å²) < 4.78 is 5.77. The molecule has 0 bridgehead atoms. The number of rotatable bonds is 4. The van der Waals surface area contributed by atoms with Crippen LogP contribution in [0.25, 0.3) is 0 Å². The van der Waals surface area contributed by atoms with E-state index >= 15 is 0 Å². The van der Waals surface area contributed by atoms with Gasteiger partial charge in [-0.2, -0.15) is 0 Å². The molecule has 0 aliphatic carbocycles. The maximum atomic E-state index is 6.23. The Morgan fingerprint density at radius 1 is 0.800 bits per heavy atom. The van der Waals surface area contributed by atoms with Crippen molar-refractivity contribution in [2.45, 2.75) is 6.04 Å². The van der Waals surface area contributed by atoms with Crippen LogP contribution < -0.4 is 10.5 Å². The van der Waals surface area contributed by atoms with Crippen molar-refractivity contribution in [1.29, 1.82) is 0 Å². The third-order valence-electron chi connectivity index (χ3n) is 3.07. The predicted octanol–water partition coefficient (Wildman–Crippen LogP) is 4.59. The van der Waals surface area contributed by atoms with Crippen LogP contribution in [0.1, 0.15) is 16.5 Å². The van der Waals surface area contributed by atoms with Crippen LogP contribution in [-0.2, 0) is 0 Å². The molecule has 0 aliphatic heterocycles. The van der Waals surface area contributed by atoms with Crippen LogP contribution in [0.4, 0.5) is 0 Å². The summed E-state index contributed by atoms with van der Waals surface area (Å²) in [6, 6.07) is 21.7. The standard InChI is InChI=1S/C17H15NOS/c18-17(16-7-4-12-20-16)13-8-10-15(11-9-13)19-14-5-2-1-3-6-14/h1-12,17H,18H2. The molecule has 3 rings (SSSR count). The van der Waals surface area contributed by atoms with Gasteiger partial charge in [-0.1, -0.05) is 36.4 Å². The van der Waals surface area contributed by atoms with E-state index in [0.29, 0.717) is 0 Å². The number of thiophene rings is 1. The van der Waals surface area contributed by atoms with Crippen molar-refractivity contribution in [3.05, 3.63) is 82.6 Å². The molecule has 3 heteroatoms. The third kappa shape index (κ3) is 2.90. The fourth-order valence-corrected chi connectivity index (χ4v) is 2.75. The fourth-order valence-electron chi connectivity index (χ4n) is 2.00. The highest BCUT2D eigenvalue weighted by atomic mass is 32.1. The number of nitrogens with two attached hydrogens (primary N) is 1. The normalized spacial score (nSPS) is 12.1. The Hall–Kier alpha value is -2.10. The Labute approximate surface area is 122 Å². The summed E-state index contributed by atoms with van der Waals surface area (Å²) in [5.74, 6) is 1.65. The highest BCUT2D eigenvalue weighted by Gasteiger charge is 2.09. The van der Waals surface area contributed by atoms with Crippen molar-refractivity contribution >= 4 is 11.3 Å². The Kier molecular flexibility index (Phi) is 3.81. The topological polar surface area (TPSA) is 35.2 Å². The Balaban J connectivity index is 1.75. The number of benzene rings is 2. The number of hydrogen-bond donors (Lipinski definition) is 1. The second-order valence-electron chi connectivity index (χ2n) is 4.48. The lowest BCUT2D eigenvalue weighted by Gasteiger charge is -2.11. The van der Waals surface area contributed by atoms with Gasteiger partial charge in [0, 0.05) is 4.88 Å². The third-order valence-corrected chi connectivity index (χ3v) is 4.02. The number of para-hydroxylation sites is 1. The molecule has 0 fully saturated rings. The maximum absolute atomic E-state index is 6.23. The minimum Gasteiger partial charge on any atom is -0.457 e. The van der Waals surface area contributed by atoms with Crippen LogP contribution in [0, 0.1) is 0 Å². The maximum Gasteiger partial charge on any atom is 0.127 e. The molecule has 0 aliphatic rings. The van der Waals surface area contributed by atoms with Crippen molar-refractivity contribution in [3.63, 3.8) is 0 Å². The molecule has 1 aromatic heterocycles. The molecule has 2 nitrogen and oxygen atoms in total. The van der Waals surface area contributed by atoms with Gasteiger partial charge in [-0.25, -0.2) is 0 Å². The van der Waals surface area contributed by atoms with Crippen molar-refractivity contribution in [3.8, 4) is 11.5 Å². The molecular formula is C17H15NOS. The smallest absolute Gasteiger partial charge is 0.127 e. The van der Waals surface area contributed by atoms with E-state index in [0.717, 1.165) is 17.1 Å². The van der Waals surface area contributed by atoms with E-state index in [4.69, 9.17) is 10.5 Å². The van der Waals surface area contributed by atoms with Gasteiger partial charge in [0.1, 0.15) is 11.5 Å². The molecule has 2 N–H and O–H groups in total. The zero-order valence-corrected chi connectivity index (χ0v) is 11.7. The van der Waals surface area contributed by atoms with E-state index in [1.54, 1.807) is 11.3 Å². The average Bonchev–Trinajstić information content (AvgIpc) is 3.03. The molecule has 1 unspecified atom stereocenters. The Morgan fingerprint density at radius 3 is 2.15 bits per heavy atom. The van der Waals surface area contributed by atoms with Gasteiger partial charge in [0.15, 0.2) is 0 Å². The second kappa shape index (κ2) is 5.90. The van der Waals surface area contributed by atoms with E-state index < -0.39 is 0 Å². The zero-order valence-electron chi connectivity index (χ0n) is 10.9. The van der Waals surface area contributed by atoms with E-state index in [-0.39, 0.29) is 6.04 Å². The first-order valence-electron chi connectivity index (χ1n) is 6.45. The first-order chi connectivity index (χ1) is 9.83. The van der Waals surface area contributed by atoms with Crippen molar-refractivity contribution < 1.29 is 4.74 Å². The average molecular weight is 281 g/mol. The van der Waals surface area contributed by atoms with Gasteiger partial charge in [0.2, 0.25) is 0 Å². The first kappa shape index (κ1) is 12.9. The van der Waals surface area contributed by atoms with E-state index in [2.05, 4.69) is 6.07 Å². The zero-order chi connectivity index (χ0) is 13.8. The van der Waals surface area contributed by atoms with Crippen molar-refractivity contribution in [2.24, 2.45) is 5.73 Å². The van der Waals surface area contributed by atoms with Gasteiger partial charge in [-0.05, 0) is 41.3 Å². The fraction of sp³-hybridized carbons (Fsp3) is 0.0588.